The maximum absolute atomic E-state index is 12.5. The maximum atomic E-state index is 12.5. The Morgan fingerprint density at radius 2 is 1.97 bits per heavy atom. The number of allylic oxidation sites excluding steroid dienone is 9. The number of nitrogens with two attached hydrogens (primary N) is 1. The van der Waals surface area contributed by atoms with Crippen LogP contribution in [0.3, 0.4) is 0 Å². The lowest BCUT2D eigenvalue weighted by molar-refractivity contribution is -0.112. The van der Waals surface area contributed by atoms with E-state index < -0.39 is 0 Å². The molecule has 3 aromatic heterocycles. The smallest absolute Gasteiger partial charge is 0.282 e. The first-order chi connectivity index (χ1) is 18.5. The Bertz CT molecular complexity index is 1590. The lowest BCUT2D eigenvalue weighted by Gasteiger charge is -2.37. The second-order valence-electron chi connectivity index (χ2n) is 10.6. The van der Waals surface area contributed by atoms with E-state index in [9.17, 15) is 9.59 Å². The number of nitrogen functional groups attached to an aromatic ring is 1. The molecule has 10 heteroatoms. The third kappa shape index (κ3) is 6.00. The fourth-order valence-corrected chi connectivity index (χ4v) is 4.90. The van der Waals surface area contributed by atoms with Gasteiger partial charge < -0.3 is 10.3 Å². The van der Waals surface area contributed by atoms with E-state index in [4.69, 9.17) is 5.73 Å². The van der Waals surface area contributed by atoms with Gasteiger partial charge in [-0.2, -0.15) is 4.98 Å². The number of hydrogen-bond acceptors (Lipinski definition) is 6. The molecule has 0 bridgehead atoms. The number of carbonyl (C=O) groups excluding carboxylic acids is 1. The largest absolute Gasteiger partial charge is 0.369 e. The summed E-state index contributed by atoms with van der Waals surface area (Å²) in [6.45, 7) is 10.7. The molecule has 0 aliphatic heterocycles. The lowest BCUT2D eigenvalue weighted by Crippen LogP contribution is -2.25. The highest BCUT2D eigenvalue weighted by atomic mass is 16.2. The van der Waals surface area contributed by atoms with Crippen LogP contribution >= 0.6 is 0 Å². The number of imidazole rings is 2. The van der Waals surface area contributed by atoms with E-state index in [1.54, 1.807) is 0 Å². The second kappa shape index (κ2) is 11.1. The number of rotatable bonds is 7. The molecule has 1 atom stereocenters. The Morgan fingerprint density at radius 1 is 1.21 bits per heavy atom. The minimum absolute atomic E-state index is 0.0332. The Balaban J connectivity index is 1.43. The number of nitrogens with one attached hydrogen (secondary N) is 1. The fourth-order valence-electron chi connectivity index (χ4n) is 4.90. The van der Waals surface area contributed by atoms with Gasteiger partial charge in [0.2, 0.25) is 5.95 Å². The third-order valence-electron chi connectivity index (χ3n) is 7.22. The van der Waals surface area contributed by atoms with Crippen molar-refractivity contribution in [1.82, 2.24) is 28.8 Å². The van der Waals surface area contributed by atoms with Gasteiger partial charge in [0.15, 0.2) is 11.2 Å². The van der Waals surface area contributed by atoms with Crippen molar-refractivity contribution in [3.8, 4) is 0 Å². The number of amides is 1. The first-order valence-electron chi connectivity index (χ1n) is 12.9. The number of carbonyl (C=O) groups is 1. The number of fused-ring (bicyclic) bond motifs is 1. The first-order valence-corrected chi connectivity index (χ1v) is 12.9. The van der Waals surface area contributed by atoms with Crippen LogP contribution in [0.25, 0.3) is 11.2 Å². The standard InChI is InChI=1S/C29H36N8O2/c1-19(10-11-22-21(3)23(12-13-29(22,4)5)36-15-14-31-17-36)8-7-9-20(2)16-24(38)34-37-18-32-25-26(37)33-28(30)35(6)27(25)39/h7-11,14-18,23H,12-13H2,1-6H3,(H2,30,33)(H,34,38)/b9-7+,11-10+,19-8+,20-16+. The van der Waals surface area contributed by atoms with Gasteiger partial charge in [-0.25, -0.2) is 14.6 Å². The van der Waals surface area contributed by atoms with Crippen LogP contribution in [0.5, 0.6) is 0 Å². The van der Waals surface area contributed by atoms with Crippen molar-refractivity contribution in [1.29, 1.82) is 0 Å². The molecule has 0 radical (unpaired) electrons. The molecule has 0 spiro atoms. The summed E-state index contributed by atoms with van der Waals surface area (Å²) in [4.78, 5) is 37.2. The van der Waals surface area contributed by atoms with Crippen molar-refractivity contribution >= 4 is 23.0 Å². The van der Waals surface area contributed by atoms with Crippen molar-refractivity contribution in [3.63, 3.8) is 0 Å². The molecule has 0 saturated carbocycles. The average Bonchev–Trinajstić information content (AvgIpc) is 3.53. The van der Waals surface area contributed by atoms with Gasteiger partial charge in [0.05, 0.1) is 12.4 Å². The highest BCUT2D eigenvalue weighted by Crippen LogP contribution is 2.45. The van der Waals surface area contributed by atoms with E-state index in [0.717, 1.165) is 24.0 Å². The van der Waals surface area contributed by atoms with Crippen LogP contribution in [-0.4, -0.2) is 34.7 Å². The maximum Gasteiger partial charge on any atom is 0.282 e. The monoisotopic (exact) mass is 528 g/mol. The summed E-state index contributed by atoms with van der Waals surface area (Å²) < 4.78 is 4.68. The summed E-state index contributed by atoms with van der Waals surface area (Å²) in [6, 6.07) is 0.335. The van der Waals surface area contributed by atoms with E-state index in [1.165, 1.54) is 39.8 Å². The van der Waals surface area contributed by atoms with Crippen molar-refractivity contribution in [2.75, 3.05) is 11.2 Å². The van der Waals surface area contributed by atoms with Crippen molar-refractivity contribution in [2.24, 2.45) is 12.5 Å². The topological polar surface area (TPSA) is 126 Å². The summed E-state index contributed by atoms with van der Waals surface area (Å²) in [6.07, 6.45) is 20.9. The molecular weight excluding hydrogens is 492 g/mol. The molecule has 204 valence electrons. The van der Waals surface area contributed by atoms with E-state index >= 15 is 0 Å². The van der Waals surface area contributed by atoms with Gasteiger partial charge in [0, 0.05) is 25.5 Å². The summed E-state index contributed by atoms with van der Waals surface area (Å²) in [5.74, 6) is -0.349. The summed E-state index contributed by atoms with van der Waals surface area (Å²) in [5, 5.41) is 0. The summed E-state index contributed by atoms with van der Waals surface area (Å²) in [5.41, 5.74) is 13.1. The molecule has 3 heterocycles. The molecule has 1 aliphatic rings. The summed E-state index contributed by atoms with van der Waals surface area (Å²) >= 11 is 0. The predicted molar refractivity (Wildman–Crippen MR) is 154 cm³/mol. The molecule has 0 fully saturated rings. The van der Waals surface area contributed by atoms with E-state index in [-0.39, 0.29) is 34.0 Å². The number of hydrogen-bond donors (Lipinski definition) is 2. The molecule has 39 heavy (non-hydrogen) atoms. The molecule has 4 rings (SSSR count). The van der Waals surface area contributed by atoms with Crippen LogP contribution in [0.4, 0.5) is 5.95 Å². The van der Waals surface area contributed by atoms with Gasteiger partial charge in [-0.1, -0.05) is 49.8 Å². The minimum atomic E-state index is -0.382. The first kappa shape index (κ1) is 27.6. The van der Waals surface area contributed by atoms with Gasteiger partial charge in [-0.3, -0.25) is 19.6 Å². The SMILES string of the molecule is CC1=C(/C=C/C(C)=C/C=C/C(C)=C/C(=O)Nn2cnc3c(=O)n(C)c(N)nc32)C(C)(C)CCC1n1ccnc1. The Hall–Kier alpha value is -4.47. The van der Waals surface area contributed by atoms with Gasteiger partial charge >= 0.3 is 0 Å². The average molecular weight is 529 g/mol. The van der Waals surface area contributed by atoms with Crippen molar-refractivity contribution < 1.29 is 4.79 Å². The van der Waals surface area contributed by atoms with Gasteiger partial charge in [-0.05, 0) is 55.7 Å². The number of anilines is 1. The van der Waals surface area contributed by atoms with Crippen LogP contribution < -0.4 is 16.7 Å². The fraction of sp³-hybridized carbons (Fsp3) is 0.345. The molecule has 1 amide bonds. The Labute approximate surface area is 227 Å². The lowest BCUT2D eigenvalue weighted by atomic mass is 9.71. The van der Waals surface area contributed by atoms with Gasteiger partial charge in [0.1, 0.15) is 6.33 Å². The Morgan fingerprint density at radius 3 is 2.69 bits per heavy atom. The highest BCUT2D eigenvalue weighted by molar-refractivity contribution is 5.95. The third-order valence-corrected chi connectivity index (χ3v) is 7.22. The van der Waals surface area contributed by atoms with Gasteiger partial charge in [-0.15, -0.1) is 0 Å². The van der Waals surface area contributed by atoms with Gasteiger partial charge in [0.25, 0.3) is 11.5 Å². The molecule has 3 N–H and O–H groups in total. The van der Waals surface area contributed by atoms with Crippen LogP contribution in [0.15, 0.2) is 88.6 Å². The van der Waals surface area contributed by atoms with Crippen LogP contribution in [0.2, 0.25) is 0 Å². The van der Waals surface area contributed by atoms with Crippen LogP contribution in [0, 0.1) is 5.41 Å². The molecule has 3 aromatic rings. The van der Waals surface area contributed by atoms with Crippen molar-refractivity contribution in [3.05, 3.63) is 94.2 Å². The zero-order valence-corrected chi connectivity index (χ0v) is 23.3. The molecule has 1 unspecified atom stereocenters. The van der Waals surface area contributed by atoms with E-state index in [0.29, 0.717) is 6.04 Å². The Kier molecular flexibility index (Phi) is 7.85. The molecule has 10 nitrogen and oxygen atoms in total. The molecule has 1 aliphatic carbocycles. The van der Waals surface area contributed by atoms with Crippen molar-refractivity contribution in [2.45, 2.75) is 53.5 Å². The molecule has 0 aromatic carbocycles. The molecular formula is C29H36N8O2. The zero-order valence-electron chi connectivity index (χ0n) is 23.3. The second-order valence-corrected chi connectivity index (χ2v) is 10.6. The highest BCUT2D eigenvalue weighted by Gasteiger charge is 2.32. The summed E-state index contributed by atoms with van der Waals surface area (Å²) in [7, 11) is 1.51. The van der Waals surface area contributed by atoms with Crippen LogP contribution in [-0.2, 0) is 11.8 Å². The normalized spacial score (nSPS) is 18.6. The quantitative estimate of drug-likeness (QED) is 0.347. The van der Waals surface area contributed by atoms with Crippen LogP contribution in [0.1, 0.15) is 53.5 Å². The van der Waals surface area contributed by atoms with E-state index in [2.05, 4.69) is 64.8 Å². The predicted octanol–water partition coefficient (Wildman–Crippen LogP) is 4.36. The molecule has 0 saturated heterocycles. The zero-order chi connectivity index (χ0) is 28.3. The minimum Gasteiger partial charge on any atom is -0.369 e. The number of aromatic nitrogens is 6. The number of nitrogens with zero attached hydrogens (tertiary/aromatic N) is 6. The van der Waals surface area contributed by atoms with E-state index in [1.807, 2.05) is 43.9 Å².